The van der Waals surface area contributed by atoms with Gasteiger partial charge in [-0.2, -0.15) is 0 Å². The average molecular weight is 536 g/mol. The predicted molar refractivity (Wildman–Crippen MR) is 141 cm³/mol. The minimum Gasteiger partial charge on any atom is -0.468 e. The number of carbonyl (C=O) groups is 2. The second-order valence-corrected chi connectivity index (χ2v) is 12.0. The Hall–Kier alpha value is -3.52. The minimum atomic E-state index is -1.14. The number of methoxy groups -OCH3 is 2. The zero-order valence-electron chi connectivity index (χ0n) is 22.2. The van der Waals surface area contributed by atoms with Crippen LogP contribution in [0.1, 0.15) is 52.2 Å². The molecule has 10 atom stereocenters. The maximum absolute atomic E-state index is 14.6. The van der Waals surface area contributed by atoms with E-state index >= 15 is 0 Å². The third-order valence-electron chi connectivity index (χ3n) is 11.0. The van der Waals surface area contributed by atoms with Crippen LogP contribution in [0.25, 0.3) is 0 Å². The van der Waals surface area contributed by atoms with Gasteiger partial charge in [-0.3, -0.25) is 14.5 Å². The Balaban J connectivity index is 1.37. The molecule has 0 N–H and O–H groups in total. The molecule has 3 aromatic rings. The van der Waals surface area contributed by atoms with Crippen LogP contribution in [0.15, 0.2) is 78.9 Å². The molecule has 0 radical (unpaired) electrons. The molecule has 2 unspecified atom stereocenters. The molecule has 0 spiro atoms. The third-order valence-corrected chi connectivity index (χ3v) is 11.0. The fourth-order valence-electron chi connectivity index (χ4n) is 10.1. The summed E-state index contributed by atoms with van der Waals surface area (Å²) in [6.07, 6.45) is -1.31. The minimum absolute atomic E-state index is 0.293. The van der Waals surface area contributed by atoms with Crippen molar-refractivity contribution in [2.24, 2.45) is 23.7 Å². The van der Waals surface area contributed by atoms with Crippen LogP contribution < -0.4 is 0 Å². The van der Waals surface area contributed by atoms with E-state index in [1.165, 1.54) is 14.2 Å². The summed E-state index contributed by atoms with van der Waals surface area (Å²) in [6, 6.07) is 26.6. The van der Waals surface area contributed by atoms with Crippen LogP contribution >= 0.6 is 0 Å². The lowest BCUT2D eigenvalue weighted by Gasteiger charge is -2.48. The summed E-state index contributed by atoms with van der Waals surface area (Å²) in [7, 11) is 2.92. The summed E-state index contributed by atoms with van der Waals surface area (Å²) in [4.78, 5) is 31.4. The van der Waals surface area contributed by atoms with Crippen LogP contribution in [0.3, 0.4) is 0 Å². The van der Waals surface area contributed by atoms with E-state index in [1.54, 1.807) is 0 Å². The summed E-state index contributed by atoms with van der Waals surface area (Å²) in [6.45, 7) is 0.413. The van der Waals surface area contributed by atoms with E-state index < -0.39 is 11.1 Å². The first kappa shape index (κ1) is 23.2. The number of hydrogen-bond acceptors (Lipinski definition) is 7. The number of nitrogens with zero attached hydrogens (tertiary/aromatic N) is 1. The molecule has 0 aromatic heterocycles. The lowest BCUT2D eigenvalue weighted by atomic mass is 9.49. The standard InChI is InChI=1S/C33H29NO6/c1-37-30(35)32-22-24(28-20-14-8-6-12-18(20)26(22)39-28)33(31(36)38-2,34(32)16-17-10-4-3-5-11-17)25-23(32)27-19-13-7-9-15-21(19)29(25)40-27/h3-15,22-29H,16H2,1-2H3/t22-,23+,24+,25-,26+,27-,28-,29+,32?,33?. The van der Waals surface area contributed by atoms with Gasteiger partial charge in [0.05, 0.1) is 38.6 Å². The maximum atomic E-state index is 14.6. The van der Waals surface area contributed by atoms with Crippen molar-refractivity contribution in [3.8, 4) is 0 Å². The maximum Gasteiger partial charge on any atom is 0.327 e. The van der Waals surface area contributed by atoms with E-state index in [4.69, 9.17) is 18.9 Å². The van der Waals surface area contributed by atoms with Crippen LogP contribution in [-0.4, -0.2) is 42.1 Å². The number of hydrogen-bond donors (Lipinski definition) is 0. The van der Waals surface area contributed by atoms with Gasteiger partial charge >= 0.3 is 11.9 Å². The van der Waals surface area contributed by atoms with Gasteiger partial charge in [-0.1, -0.05) is 78.9 Å². The topological polar surface area (TPSA) is 74.3 Å². The SMILES string of the molecule is COC(=O)C12[C@@H]3[C@@H]([C@@H]4O[C@H]3c3ccccc34)C(C(=O)OC)([C@@H]3[C@H]1[C@@H]1O[C@H]3c3ccccc31)N2Cc1ccccc1. The number of rotatable bonds is 4. The first-order valence-corrected chi connectivity index (χ1v) is 14.1. The molecular weight excluding hydrogens is 506 g/mol. The molecule has 40 heavy (non-hydrogen) atoms. The van der Waals surface area contributed by atoms with Crippen molar-refractivity contribution in [3.63, 3.8) is 0 Å². The molecule has 0 saturated carbocycles. The molecule has 0 amide bonds. The molecule has 6 aliphatic rings. The van der Waals surface area contributed by atoms with Crippen LogP contribution in [0.5, 0.6) is 0 Å². The van der Waals surface area contributed by atoms with Crippen molar-refractivity contribution < 1.29 is 28.5 Å². The Morgan fingerprint density at radius 2 is 0.975 bits per heavy atom. The molecule has 6 bridgehead atoms. The van der Waals surface area contributed by atoms with Crippen molar-refractivity contribution in [2.75, 3.05) is 14.2 Å². The number of fused-ring (bicyclic) bond motifs is 22. The lowest BCUT2D eigenvalue weighted by Crippen LogP contribution is -2.60. The molecule has 9 rings (SSSR count). The van der Waals surface area contributed by atoms with Crippen molar-refractivity contribution in [2.45, 2.75) is 42.0 Å². The van der Waals surface area contributed by atoms with E-state index in [-0.39, 0.29) is 60.0 Å². The third kappa shape index (κ3) is 2.27. The molecule has 7 nitrogen and oxygen atoms in total. The molecule has 3 aromatic carbocycles. The van der Waals surface area contributed by atoms with Crippen LogP contribution in [-0.2, 0) is 35.1 Å². The van der Waals surface area contributed by atoms with Crippen molar-refractivity contribution in [1.82, 2.24) is 4.90 Å². The molecule has 6 aliphatic heterocycles. The van der Waals surface area contributed by atoms with E-state index in [2.05, 4.69) is 41.3 Å². The van der Waals surface area contributed by atoms with Gasteiger partial charge in [0.1, 0.15) is 11.1 Å². The summed E-state index contributed by atoms with van der Waals surface area (Å²) < 4.78 is 25.0. The van der Waals surface area contributed by atoms with Gasteiger partial charge < -0.3 is 18.9 Å². The van der Waals surface area contributed by atoms with E-state index in [9.17, 15) is 9.59 Å². The van der Waals surface area contributed by atoms with Crippen LogP contribution in [0.2, 0.25) is 0 Å². The summed E-state index contributed by atoms with van der Waals surface area (Å²) in [5, 5.41) is 0. The summed E-state index contributed by atoms with van der Waals surface area (Å²) in [5.74, 6) is -1.81. The van der Waals surface area contributed by atoms with Gasteiger partial charge in [0.25, 0.3) is 0 Å². The number of carbonyl (C=O) groups excluding carboxylic acids is 2. The molecule has 0 aliphatic carbocycles. The number of ether oxygens (including phenoxy) is 4. The molecule has 7 heteroatoms. The Bertz CT molecular complexity index is 1420. The van der Waals surface area contributed by atoms with Gasteiger partial charge in [-0.25, -0.2) is 0 Å². The first-order chi connectivity index (χ1) is 19.6. The Morgan fingerprint density at radius 3 is 1.32 bits per heavy atom. The number of esters is 2. The second-order valence-electron chi connectivity index (χ2n) is 12.0. The van der Waals surface area contributed by atoms with Gasteiger partial charge in [0.15, 0.2) is 0 Å². The smallest absolute Gasteiger partial charge is 0.327 e. The van der Waals surface area contributed by atoms with E-state index in [1.807, 2.05) is 42.5 Å². The predicted octanol–water partition coefficient (Wildman–Crippen LogP) is 4.46. The van der Waals surface area contributed by atoms with E-state index in [0.717, 1.165) is 27.8 Å². The van der Waals surface area contributed by atoms with Gasteiger partial charge in [0, 0.05) is 30.2 Å². The van der Waals surface area contributed by atoms with Crippen molar-refractivity contribution in [3.05, 3.63) is 107 Å². The first-order valence-electron chi connectivity index (χ1n) is 14.1. The average Bonchev–Trinajstić information content (AvgIpc) is 3.83. The normalized spacial score (nSPS) is 40.5. The molecular formula is C33H29NO6. The lowest BCUT2D eigenvalue weighted by molar-refractivity contribution is -0.171. The fraction of sp³-hybridized carbons (Fsp3) is 0.394. The number of benzene rings is 3. The van der Waals surface area contributed by atoms with Crippen LogP contribution in [0.4, 0.5) is 0 Å². The van der Waals surface area contributed by atoms with E-state index in [0.29, 0.717) is 6.54 Å². The zero-order valence-corrected chi connectivity index (χ0v) is 22.2. The molecule has 4 fully saturated rings. The highest BCUT2D eigenvalue weighted by molar-refractivity contribution is 5.93. The van der Waals surface area contributed by atoms with Crippen LogP contribution in [0, 0.1) is 23.7 Å². The molecule has 6 heterocycles. The molecule has 202 valence electrons. The van der Waals surface area contributed by atoms with Gasteiger partial charge in [-0.15, -0.1) is 0 Å². The quantitative estimate of drug-likeness (QED) is 0.457. The Kier molecular flexibility index (Phi) is 4.41. The van der Waals surface area contributed by atoms with Crippen molar-refractivity contribution in [1.29, 1.82) is 0 Å². The van der Waals surface area contributed by atoms with Crippen molar-refractivity contribution >= 4 is 11.9 Å². The highest BCUT2D eigenvalue weighted by Gasteiger charge is 2.92. The fourth-order valence-corrected chi connectivity index (χ4v) is 10.1. The molecule has 4 saturated heterocycles. The Morgan fingerprint density at radius 1 is 0.625 bits per heavy atom. The summed E-state index contributed by atoms with van der Waals surface area (Å²) >= 11 is 0. The largest absolute Gasteiger partial charge is 0.468 e. The highest BCUT2D eigenvalue weighted by Crippen LogP contribution is 2.83. The Labute approximate surface area is 232 Å². The zero-order chi connectivity index (χ0) is 27.0. The highest BCUT2D eigenvalue weighted by atomic mass is 16.5. The van der Waals surface area contributed by atoms with Gasteiger partial charge in [-0.05, 0) is 27.8 Å². The van der Waals surface area contributed by atoms with Gasteiger partial charge in [0.2, 0.25) is 0 Å². The second kappa shape index (κ2) is 7.60. The summed E-state index contributed by atoms with van der Waals surface area (Å²) in [5.41, 5.74) is 3.15. The monoisotopic (exact) mass is 535 g/mol.